The second kappa shape index (κ2) is 6.58. The summed E-state index contributed by atoms with van der Waals surface area (Å²) in [5.74, 6) is -1.35. The van der Waals surface area contributed by atoms with E-state index in [0.29, 0.717) is 4.47 Å². The third-order valence-electron chi connectivity index (χ3n) is 2.82. The summed E-state index contributed by atoms with van der Waals surface area (Å²) in [6.45, 7) is -0.0975. The number of ether oxygens (including phenoxy) is 2. The lowest BCUT2D eigenvalue weighted by Gasteiger charge is -2.11. The largest absolute Gasteiger partial charge is 0.494 e. The first-order valence-electron chi connectivity index (χ1n) is 6.00. The molecule has 0 saturated heterocycles. The maximum atomic E-state index is 14.0. The number of carboxylic acids is 1. The molecule has 0 spiro atoms. The fourth-order valence-corrected chi connectivity index (χ4v) is 2.11. The number of methoxy groups -OCH3 is 1. The van der Waals surface area contributed by atoms with E-state index in [2.05, 4.69) is 15.9 Å². The van der Waals surface area contributed by atoms with Gasteiger partial charge < -0.3 is 14.6 Å². The van der Waals surface area contributed by atoms with Gasteiger partial charge in [-0.2, -0.15) is 0 Å². The molecule has 1 N–H and O–H groups in total. The Kier molecular flexibility index (Phi) is 4.80. The summed E-state index contributed by atoms with van der Waals surface area (Å²) in [5, 5.41) is 9.10. The van der Waals surface area contributed by atoms with Crippen LogP contribution in [0.25, 0.3) is 0 Å². The summed E-state index contributed by atoms with van der Waals surface area (Å²) in [4.78, 5) is 11.1. The van der Waals surface area contributed by atoms with Crippen molar-refractivity contribution in [3.8, 4) is 11.5 Å². The van der Waals surface area contributed by atoms with Crippen molar-refractivity contribution >= 4 is 21.9 Å². The van der Waals surface area contributed by atoms with Crippen molar-refractivity contribution in [2.75, 3.05) is 7.11 Å². The molecule has 110 valence electrons. The smallest absolute Gasteiger partial charge is 0.339 e. The van der Waals surface area contributed by atoms with Crippen LogP contribution in [0.4, 0.5) is 4.39 Å². The molecular weight excluding hydrogens is 343 g/mol. The lowest BCUT2D eigenvalue weighted by molar-refractivity contribution is 0.0691. The van der Waals surface area contributed by atoms with E-state index in [1.807, 2.05) is 0 Å². The van der Waals surface area contributed by atoms with E-state index < -0.39 is 11.8 Å². The van der Waals surface area contributed by atoms with Crippen molar-refractivity contribution in [3.05, 3.63) is 57.8 Å². The number of aromatic carboxylic acids is 1. The number of rotatable bonds is 5. The predicted octanol–water partition coefficient (Wildman–Crippen LogP) is 3.87. The van der Waals surface area contributed by atoms with E-state index in [4.69, 9.17) is 14.6 Å². The van der Waals surface area contributed by atoms with Crippen molar-refractivity contribution in [1.82, 2.24) is 0 Å². The van der Waals surface area contributed by atoms with E-state index in [1.54, 1.807) is 18.2 Å². The summed E-state index contributed by atoms with van der Waals surface area (Å²) >= 11 is 3.24. The van der Waals surface area contributed by atoms with Gasteiger partial charge in [-0.15, -0.1) is 0 Å². The third-order valence-corrected chi connectivity index (χ3v) is 3.31. The van der Waals surface area contributed by atoms with Crippen LogP contribution >= 0.6 is 15.9 Å². The standard InChI is InChI=1S/C15H12BrFO4/c1-20-12-4-2-3-9(14(12)17)8-21-13-7-10(16)5-6-11(13)15(18)19/h2-7H,8H2,1H3,(H,18,19). The summed E-state index contributed by atoms with van der Waals surface area (Å²) in [6, 6.07) is 9.24. The Bertz CT molecular complexity index is 673. The van der Waals surface area contributed by atoms with Crippen LogP contribution in [0.1, 0.15) is 15.9 Å². The molecule has 0 aliphatic rings. The van der Waals surface area contributed by atoms with Gasteiger partial charge in [0.15, 0.2) is 11.6 Å². The predicted molar refractivity (Wildman–Crippen MR) is 78.4 cm³/mol. The molecule has 0 bridgehead atoms. The van der Waals surface area contributed by atoms with E-state index >= 15 is 0 Å². The molecule has 2 aromatic carbocycles. The fourth-order valence-electron chi connectivity index (χ4n) is 1.77. The van der Waals surface area contributed by atoms with Gasteiger partial charge in [-0.05, 0) is 24.3 Å². The molecule has 2 rings (SSSR count). The fraction of sp³-hybridized carbons (Fsp3) is 0.133. The van der Waals surface area contributed by atoms with Crippen LogP contribution in [0.15, 0.2) is 40.9 Å². The topological polar surface area (TPSA) is 55.8 Å². The second-order valence-corrected chi connectivity index (χ2v) is 5.08. The molecule has 0 aliphatic carbocycles. The average molecular weight is 355 g/mol. The zero-order chi connectivity index (χ0) is 15.4. The van der Waals surface area contributed by atoms with Crippen LogP contribution in [-0.4, -0.2) is 18.2 Å². The minimum Gasteiger partial charge on any atom is -0.494 e. The van der Waals surface area contributed by atoms with Crippen molar-refractivity contribution in [1.29, 1.82) is 0 Å². The van der Waals surface area contributed by atoms with Gasteiger partial charge in [-0.25, -0.2) is 9.18 Å². The van der Waals surface area contributed by atoms with Crippen LogP contribution in [0, 0.1) is 5.82 Å². The van der Waals surface area contributed by atoms with Gasteiger partial charge in [0, 0.05) is 10.0 Å². The summed E-state index contributed by atoms with van der Waals surface area (Å²) in [7, 11) is 1.37. The zero-order valence-electron chi connectivity index (χ0n) is 11.1. The number of hydrogen-bond acceptors (Lipinski definition) is 3. The Balaban J connectivity index is 2.24. The van der Waals surface area contributed by atoms with Crippen LogP contribution in [-0.2, 0) is 6.61 Å². The van der Waals surface area contributed by atoms with Gasteiger partial charge in [0.05, 0.1) is 7.11 Å². The third kappa shape index (κ3) is 3.52. The Morgan fingerprint density at radius 3 is 2.71 bits per heavy atom. The minimum absolute atomic E-state index is 0.0153. The number of benzene rings is 2. The number of carbonyl (C=O) groups is 1. The Hall–Kier alpha value is -2.08. The first-order chi connectivity index (χ1) is 10.0. The molecule has 6 heteroatoms. The van der Waals surface area contributed by atoms with E-state index in [0.717, 1.165) is 0 Å². The van der Waals surface area contributed by atoms with Crippen LogP contribution in [0.2, 0.25) is 0 Å². The van der Waals surface area contributed by atoms with E-state index in [9.17, 15) is 9.18 Å². The molecule has 0 unspecified atom stereocenters. The average Bonchev–Trinajstić information content (AvgIpc) is 2.46. The first kappa shape index (κ1) is 15.3. The van der Waals surface area contributed by atoms with Gasteiger partial charge in [0.2, 0.25) is 0 Å². The molecule has 0 atom stereocenters. The molecule has 0 amide bonds. The highest BCUT2D eigenvalue weighted by atomic mass is 79.9. The number of halogens is 2. The molecule has 0 fully saturated rings. The highest BCUT2D eigenvalue weighted by Gasteiger charge is 2.14. The van der Waals surface area contributed by atoms with Gasteiger partial charge in [-0.1, -0.05) is 28.1 Å². The van der Waals surface area contributed by atoms with Gasteiger partial charge in [-0.3, -0.25) is 0 Å². The van der Waals surface area contributed by atoms with E-state index in [1.165, 1.54) is 25.3 Å². The highest BCUT2D eigenvalue weighted by molar-refractivity contribution is 9.10. The minimum atomic E-state index is -1.11. The molecule has 0 saturated carbocycles. The summed E-state index contributed by atoms with van der Waals surface area (Å²) < 4.78 is 25.0. The Morgan fingerprint density at radius 2 is 2.05 bits per heavy atom. The van der Waals surface area contributed by atoms with Crippen LogP contribution in [0.5, 0.6) is 11.5 Å². The van der Waals surface area contributed by atoms with E-state index in [-0.39, 0.29) is 29.2 Å². The van der Waals surface area contributed by atoms with Crippen molar-refractivity contribution in [2.24, 2.45) is 0 Å². The molecule has 2 aromatic rings. The highest BCUT2D eigenvalue weighted by Crippen LogP contribution is 2.26. The van der Waals surface area contributed by atoms with Crippen molar-refractivity contribution in [3.63, 3.8) is 0 Å². The van der Waals surface area contributed by atoms with Crippen molar-refractivity contribution < 1.29 is 23.8 Å². The lowest BCUT2D eigenvalue weighted by Crippen LogP contribution is -2.05. The molecule has 0 heterocycles. The summed E-state index contributed by atoms with van der Waals surface area (Å²) in [6.07, 6.45) is 0. The summed E-state index contributed by atoms with van der Waals surface area (Å²) in [5.41, 5.74) is 0.298. The molecule has 0 aromatic heterocycles. The monoisotopic (exact) mass is 354 g/mol. The molecular formula is C15H12BrFO4. The second-order valence-electron chi connectivity index (χ2n) is 4.17. The number of carboxylic acid groups (broad SMARTS) is 1. The maximum absolute atomic E-state index is 14.0. The van der Waals surface area contributed by atoms with Gasteiger partial charge in [0.25, 0.3) is 0 Å². The SMILES string of the molecule is COc1cccc(COc2cc(Br)ccc2C(=O)O)c1F. The quantitative estimate of drug-likeness (QED) is 0.885. The molecule has 0 aliphatic heterocycles. The normalized spacial score (nSPS) is 10.2. The Labute approximate surface area is 129 Å². The number of hydrogen-bond donors (Lipinski definition) is 1. The zero-order valence-corrected chi connectivity index (χ0v) is 12.7. The molecule has 21 heavy (non-hydrogen) atoms. The lowest BCUT2D eigenvalue weighted by atomic mass is 10.2. The van der Waals surface area contributed by atoms with Crippen LogP contribution < -0.4 is 9.47 Å². The first-order valence-corrected chi connectivity index (χ1v) is 6.79. The maximum Gasteiger partial charge on any atom is 0.339 e. The van der Waals surface area contributed by atoms with Crippen molar-refractivity contribution in [2.45, 2.75) is 6.61 Å². The van der Waals surface area contributed by atoms with Gasteiger partial charge >= 0.3 is 5.97 Å². The molecule has 0 radical (unpaired) electrons. The van der Waals surface area contributed by atoms with Crippen LogP contribution in [0.3, 0.4) is 0 Å². The Morgan fingerprint density at radius 1 is 1.29 bits per heavy atom. The molecule has 4 nitrogen and oxygen atoms in total. The van der Waals surface area contributed by atoms with Gasteiger partial charge in [0.1, 0.15) is 17.9 Å².